The molecule has 2 rings (SSSR count). The van der Waals surface area contributed by atoms with Crippen LogP contribution in [0.2, 0.25) is 0 Å². The van der Waals surface area contributed by atoms with Gasteiger partial charge in [-0.15, -0.1) is 5.10 Å². The molecule has 2 N–H and O–H groups in total. The summed E-state index contributed by atoms with van der Waals surface area (Å²) in [5, 5.41) is 5.82. The van der Waals surface area contributed by atoms with Crippen molar-refractivity contribution in [1.29, 1.82) is 0 Å². The Labute approximate surface area is 86.0 Å². The minimum absolute atomic E-state index is 0.0730. The number of nitrogens with two attached hydrogens (primary N) is 1. The second kappa shape index (κ2) is 4.26. The minimum atomic E-state index is -0.0730. The molecule has 0 aliphatic heterocycles. The zero-order valence-corrected chi connectivity index (χ0v) is 8.31. The van der Waals surface area contributed by atoms with E-state index in [1.54, 1.807) is 12.4 Å². The van der Waals surface area contributed by atoms with Crippen molar-refractivity contribution >= 4 is 11.5 Å². The lowest BCUT2D eigenvalue weighted by Gasteiger charge is -2.07. The van der Waals surface area contributed by atoms with Crippen LogP contribution in [0, 0.1) is 0 Å². The van der Waals surface area contributed by atoms with Gasteiger partial charge in [-0.05, 0) is 35.6 Å². The van der Waals surface area contributed by atoms with Crippen molar-refractivity contribution < 1.29 is 0 Å². The van der Waals surface area contributed by atoms with Gasteiger partial charge in [0.25, 0.3) is 0 Å². The zero-order chi connectivity index (χ0) is 9.80. The standard InChI is InChI=1S/C9H10N4S/c10-8(9-6-14-13-12-9)5-7-1-3-11-4-2-7/h1-4,6,8H,5,10H2. The van der Waals surface area contributed by atoms with Crippen LogP contribution in [0.4, 0.5) is 0 Å². The molecule has 4 nitrogen and oxygen atoms in total. The van der Waals surface area contributed by atoms with Gasteiger partial charge in [0.15, 0.2) is 0 Å². The topological polar surface area (TPSA) is 64.7 Å². The molecular formula is C9H10N4S. The maximum absolute atomic E-state index is 5.96. The van der Waals surface area contributed by atoms with Crippen molar-refractivity contribution in [2.45, 2.75) is 12.5 Å². The average Bonchev–Trinajstić information content (AvgIpc) is 2.72. The molecule has 0 amide bonds. The predicted octanol–water partition coefficient (Wildman–Crippen LogP) is 1.18. The van der Waals surface area contributed by atoms with E-state index in [2.05, 4.69) is 14.6 Å². The van der Waals surface area contributed by atoms with Crippen molar-refractivity contribution in [2.24, 2.45) is 5.73 Å². The highest BCUT2D eigenvalue weighted by Crippen LogP contribution is 2.13. The molecule has 0 bridgehead atoms. The van der Waals surface area contributed by atoms with E-state index in [0.29, 0.717) is 0 Å². The lowest BCUT2D eigenvalue weighted by atomic mass is 10.1. The number of hydrogen-bond acceptors (Lipinski definition) is 5. The molecule has 1 atom stereocenters. The van der Waals surface area contributed by atoms with E-state index < -0.39 is 0 Å². The van der Waals surface area contributed by atoms with E-state index in [0.717, 1.165) is 12.1 Å². The Morgan fingerprint density at radius 2 is 2.14 bits per heavy atom. The molecule has 0 fully saturated rings. The van der Waals surface area contributed by atoms with Gasteiger partial charge in [0.1, 0.15) is 0 Å². The Balaban J connectivity index is 2.06. The lowest BCUT2D eigenvalue weighted by Crippen LogP contribution is -2.13. The Morgan fingerprint density at radius 3 is 2.79 bits per heavy atom. The van der Waals surface area contributed by atoms with Crippen LogP contribution in [0.3, 0.4) is 0 Å². The van der Waals surface area contributed by atoms with Crippen LogP contribution in [-0.2, 0) is 6.42 Å². The lowest BCUT2D eigenvalue weighted by molar-refractivity contribution is 0.692. The SMILES string of the molecule is NC(Cc1ccncc1)c1csnn1. The van der Waals surface area contributed by atoms with Crippen LogP contribution in [0.1, 0.15) is 17.3 Å². The Kier molecular flexibility index (Phi) is 2.81. The van der Waals surface area contributed by atoms with Gasteiger partial charge in [0.2, 0.25) is 0 Å². The fourth-order valence-electron chi connectivity index (χ4n) is 1.21. The Hall–Kier alpha value is -1.33. The van der Waals surface area contributed by atoms with Crippen LogP contribution >= 0.6 is 11.5 Å². The van der Waals surface area contributed by atoms with E-state index in [-0.39, 0.29) is 6.04 Å². The first kappa shape index (κ1) is 9.23. The molecule has 2 heterocycles. The molecule has 0 saturated carbocycles. The molecule has 1 unspecified atom stereocenters. The van der Waals surface area contributed by atoms with Crippen LogP contribution in [-0.4, -0.2) is 14.6 Å². The molecule has 2 aromatic heterocycles. The summed E-state index contributed by atoms with van der Waals surface area (Å²) in [6.07, 6.45) is 4.30. The summed E-state index contributed by atoms with van der Waals surface area (Å²) in [4.78, 5) is 3.95. The number of pyridine rings is 1. The fraction of sp³-hybridized carbons (Fsp3) is 0.222. The molecule has 0 aliphatic carbocycles. The van der Waals surface area contributed by atoms with Crippen LogP contribution in [0.25, 0.3) is 0 Å². The normalized spacial score (nSPS) is 12.6. The van der Waals surface area contributed by atoms with Crippen LogP contribution < -0.4 is 5.73 Å². The van der Waals surface area contributed by atoms with Gasteiger partial charge in [-0.3, -0.25) is 4.98 Å². The summed E-state index contributed by atoms with van der Waals surface area (Å²) in [5.74, 6) is 0. The molecule has 2 aromatic rings. The number of aromatic nitrogens is 3. The number of hydrogen-bond donors (Lipinski definition) is 1. The molecule has 72 valence electrons. The summed E-state index contributed by atoms with van der Waals surface area (Å²) in [6, 6.07) is 3.84. The summed E-state index contributed by atoms with van der Waals surface area (Å²) >= 11 is 1.33. The van der Waals surface area contributed by atoms with Crippen molar-refractivity contribution in [3.8, 4) is 0 Å². The number of nitrogens with zero attached hydrogens (tertiary/aromatic N) is 3. The van der Waals surface area contributed by atoms with Gasteiger partial charge in [0, 0.05) is 17.8 Å². The quantitative estimate of drug-likeness (QED) is 0.818. The summed E-state index contributed by atoms with van der Waals surface area (Å²) in [5.41, 5.74) is 7.98. The summed E-state index contributed by atoms with van der Waals surface area (Å²) < 4.78 is 3.78. The molecular weight excluding hydrogens is 196 g/mol. The van der Waals surface area contributed by atoms with Gasteiger partial charge in [0.05, 0.1) is 11.7 Å². The first-order valence-corrected chi connectivity index (χ1v) is 5.11. The highest BCUT2D eigenvalue weighted by molar-refractivity contribution is 7.03. The van der Waals surface area contributed by atoms with Gasteiger partial charge >= 0.3 is 0 Å². The van der Waals surface area contributed by atoms with Gasteiger partial charge < -0.3 is 5.73 Å². The summed E-state index contributed by atoms with van der Waals surface area (Å²) in [6.45, 7) is 0. The van der Waals surface area contributed by atoms with Gasteiger partial charge in [-0.1, -0.05) is 4.49 Å². The van der Waals surface area contributed by atoms with E-state index >= 15 is 0 Å². The third-order valence-electron chi connectivity index (χ3n) is 1.96. The van der Waals surface area contributed by atoms with Crippen molar-refractivity contribution in [3.05, 3.63) is 41.2 Å². The number of rotatable bonds is 3. The predicted molar refractivity (Wildman–Crippen MR) is 54.8 cm³/mol. The monoisotopic (exact) mass is 206 g/mol. The van der Waals surface area contributed by atoms with Crippen LogP contribution in [0.15, 0.2) is 29.9 Å². The van der Waals surface area contributed by atoms with Crippen LogP contribution in [0.5, 0.6) is 0 Å². The van der Waals surface area contributed by atoms with Crippen molar-refractivity contribution in [2.75, 3.05) is 0 Å². The smallest absolute Gasteiger partial charge is 0.0925 e. The second-order valence-corrected chi connectivity index (χ2v) is 3.61. The van der Waals surface area contributed by atoms with Crippen molar-refractivity contribution in [1.82, 2.24) is 14.6 Å². The fourth-order valence-corrected chi connectivity index (χ4v) is 1.73. The van der Waals surface area contributed by atoms with E-state index in [9.17, 15) is 0 Å². The molecule has 0 spiro atoms. The third-order valence-corrected chi connectivity index (χ3v) is 2.48. The molecule has 0 aromatic carbocycles. The first-order chi connectivity index (χ1) is 6.86. The zero-order valence-electron chi connectivity index (χ0n) is 7.50. The molecule has 5 heteroatoms. The third kappa shape index (κ3) is 2.12. The average molecular weight is 206 g/mol. The Morgan fingerprint density at radius 1 is 1.36 bits per heavy atom. The highest BCUT2D eigenvalue weighted by Gasteiger charge is 2.09. The second-order valence-electron chi connectivity index (χ2n) is 3.00. The molecule has 14 heavy (non-hydrogen) atoms. The van der Waals surface area contributed by atoms with Crippen molar-refractivity contribution in [3.63, 3.8) is 0 Å². The van der Waals surface area contributed by atoms with Gasteiger partial charge in [-0.25, -0.2) is 0 Å². The Bertz CT molecular complexity index is 373. The van der Waals surface area contributed by atoms with E-state index in [1.165, 1.54) is 17.1 Å². The van der Waals surface area contributed by atoms with Gasteiger partial charge in [-0.2, -0.15) is 0 Å². The molecule has 0 saturated heterocycles. The minimum Gasteiger partial charge on any atom is -0.322 e. The molecule has 0 radical (unpaired) electrons. The first-order valence-electron chi connectivity index (χ1n) is 4.27. The highest BCUT2D eigenvalue weighted by atomic mass is 32.1. The van der Waals surface area contributed by atoms with E-state index in [1.807, 2.05) is 17.5 Å². The molecule has 0 aliphatic rings. The maximum atomic E-state index is 5.96. The summed E-state index contributed by atoms with van der Waals surface area (Å²) in [7, 11) is 0. The largest absolute Gasteiger partial charge is 0.322 e. The maximum Gasteiger partial charge on any atom is 0.0925 e. The van der Waals surface area contributed by atoms with E-state index in [4.69, 9.17) is 5.73 Å².